The second kappa shape index (κ2) is 5.85. The van der Waals surface area contributed by atoms with Gasteiger partial charge < -0.3 is 15.0 Å². The minimum absolute atomic E-state index is 0.0104. The topological polar surface area (TPSA) is 58.6 Å². The molecule has 0 aromatic heterocycles. The van der Waals surface area contributed by atoms with E-state index in [0.717, 1.165) is 12.0 Å². The van der Waals surface area contributed by atoms with Crippen LogP contribution in [0.25, 0.3) is 0 Å². The third-order valence-corrected chi connectivity index (χ3v) is 4.17. The lowest BCUT2D eigenvalue weighted by Crippen LogP contribution is -2.58. The zero-order chi connectivity index (χ0) is 14.8. The largest absolute Gasteiger partial charge is 0.371 e. The summed E-state index contributed by atoms with van der Waals surface area (Å²) in [7, 11) is 0. The lowest BCUT2D eigenvalue weighted by atomic mass is 9.97. The van der Waals surface area contributed by atoms with Crippen molar-refractivity contribution in [1.29, 1.82) is 0 Å². The van der Waals surface area contributed by atoms with E-state index in [-0.39, 0.29) is 24.5 Å². The van der Waals surface area contributed by atoms with Crippen molar-refractivity contribution < 1.29 is 14.3 Å². The zero-order valence-electron chi connectivity index (χ0n) is 12.2. The highest BCUT2D eigenvalue weighted by Crippen LogP contribution is 2.28. The van der Waals surface area contributed by atoms with E-state index in [0.29, 0.717) is 19.6 Å². The van der Waals surface area contributed by atoms with Crippen LogP contribution in [0.2, 0.25) is 0 Å². The molecule has 0 saturated carbocycles. The number of rotatable bonds is 3. The van der Waals surface area contributed by atoms with Gasteiger partial charge in [0.2, 0.25) is 11.8 Å². The third kappa shape index (κ3) is 2.78. The number of hydrogen-bond donors (Lipinski definition) is 1. The van der Waals surface area contributed by atoms with Crippen molar-refractivity contribution >= 4 is 11.8 Å². The SMILES string of the molecule is CCC1NC(=O)CN(CC2OCCc3ccccc32)C1=O. The monoisotopic (exact) mass is 288 g/mol. The fourth-order valence-electron chi connectivity index (χ4n) is 3.03. The molecular weight excluding hydrogens is 268 g/mol. The summed E-state index contributed by atoms with van der Waals surface area (Å²) in [4.78, 5) is 25.7. The van der Waals surface area contributed by atoms with Crippen molar-refractivity contribution in [3.8, 4) is 0 Å². The fraction of sp³-hybridized carbons (Fsp3) is 0.500. The standard InChI is InChI=1S/C16H20N2O3/c1-2-13-16(20)18(10-15(19)17-13)9-14-12-6-4-3-5-11(12)7-8-21-14/h3-6,13-14H,2,7-10H2,1H3,(H,17,19). The number of nitrogens with zero attached hydrogens (tertiary/aromatic N) is 1. The predicted octanol–water partition coefficient (Wildman–Crippen LogP) is 1.04. The first-order valence-corrected chi connectivity index (χ1v) is 7.46. The smallest absolute Gasteiger partial charge is 0.245 e. The van der Waals surface area contributed by atoms with E-state index < -0.39 is 6.04 Å². The number of ether oxygens (including phenoxy) is 1. The fourth-order valence-corrected chi connectivity index (χ4v) is 3.03. The molecule has 0 radical (unpaired) electrons. The normalized spacial score (nSPS) is 25.5. The van der Waals surface area contributed by atoms with E-state index in [1.54, 1.807) is 4.90 Å². The van der Waals surface area contributed by atoms with Crippen LogP contribution in [0.1, 0.15) is 30.6 Å². The van der Waals surface area contributed by atoms with Crippen molar-refractivity contribution in [3.63, 3.8) is 0 Å². The summed E-state index contributed by atoms with van der Waals surface area (Å²) < 4.78 is 5.83. The minimum atomic E-state index is -0.398. The highest BCUT2D eigenvalue weighted by atomic mass is 16.5. The summed E-state index contributed by atoms with van der Waals surface area (Å²) in [5.74, 6) is -0.103. The van der Waals surface area contributed by atoms with Crippen LogP contribution in [-0.2, 0) is 20.7 Å². The van der Waals surface area contributed by atoms with E-state index >= 15 is 0 Å². The first kappa shape index (κ1) is 14.1. The Morgan fingerprint density at radius 3 is 2.95 bits per heavy atom. The van der Waals surface area contributed by atoms with Crippen LogP contribution in [0.4, 0.5) is 0 Å². The van der Waals surface area contributed by atoms with Gasteiger partial charge in [-0.2, -0.15) is 0 Å². The Balaban J connectivity index is 1.77. The van der Waals surface area contributed by atoms with Gasteiger partial charge in [-0.25, -0.2) is 0 Å². The van der Waals surface area contributed by atoms with Crippen molar-refractivity contribution in [2.24, 2.45) is 0 Å². The van der Waals surface area contributed by atoms with Gasteiger partial charge in [0.15, 0.2) is 0 Å². The molecule has 2 heterocycles. The quantitative estimate of drug-likeness (QED) is 0.904. The third-order valence-electron chi connectivity index (χ3n) is 4.17. The first-order valence-electron chi connectivity index (χ1n) is 7.46. The van der Waals surface area contributed by atoms with Gasteiger partial charge in [0.1, 0.15) is 12.1 Å². The Bertz CT molecular complexity index is 558. The van der Waals surface area contributed by atoms with Crippen LogP contribution in [0.15, 0.2) is 24.3 Å². The van der Waals surface area contributed by atoms with E-state index in [1.807, 2.05) is 25.1 Å². The van der Waals surface area contributed by atoms with Gasteiger partial charge in [-0.15, -0.1) is 0 Å². The summed E-state index contributed by atoms with van der Waals surface area (Å²) in [6, 6.07) is 7.76. The van der Waals surface area contributed by atoms with Crippen molar-refractivity contribution in [2.45, 2.75) is 31.9 Å². The molecular formula is C16H20N2O3. The molecule has 2 aliphatic heterocycles. The number of piperazine rings is 1. The molecule has 0 aliphatic carbocycles. The second-order valence-corrected chi connectivity index (χ2v) is 5.56. The molecule has 1 saturated heterocycles. The molecule has 0 bridgehead atoms. The van der Waals surface area contributed by atoms with Crippen molar-refractivity contribution in [2.75, 3.05) is 19.7 Å². The molecule has 2 unspecified atom stereocenters. The van der Waals surface area contributed by atoms with Gasteiger partial charge >= 0.3 is 0 Å². The number of fused-ring (bicyclic) bond motifs is 1. The van der Waals surface area contributed by atoms with Gasteiger partial charge in [0.25, 0.3) is 0 Å². The van der Waals surface area contributed by atoms with Crippen LogP contribution in [0.3, 0.4) is 0 Å². The first-order chi connectivity index (χ1) is 10.2. The van der Waals surface area contributed by atoms with Gasteiger partial charge in [-0.05, 0) is 24.0 Å². The molecule has 112 valence electrons. The number of benzene rings is 1. The van der Waals surface area contributed by atoms with Crippen LogP contribution in [0.5, 0.6) is 0 Å². The average molecular weight is 288 g/mol. The predicted molar refractivity (Wildman–Crippen MR) is 77.6 cm³/mol. The summed E-state index contributed by atoms with van der Waals surface area (Å²) in [6.45, 7) is 3.13. The highest BCUT2D eigenvalue weighted by Gasteiger charge is 2.34. The molecule has 1 aromatic carbocycles. The summed E-state index contributed by atoms with van der Waals surface area (Å²) in [5.41, 5.74) is 2.41. The highest BCUT2D eigenvalue weighted by molar-refractivity contribution is 5.94. The maximum Gasteiger partial charge on any atom is 0.245 e. The number of carbonyl (C=O) groups is 2. The lowest BCUT2D eigenvalue weighted by Gasteiger charge is -2.36. The van der Waals surface area contributed by atoms with Crippen LogP contribution >= 0.6 is 0 Å². The molecule has 1 N–H and O–H groups in total. The second-order valence-electron chi connectivity index (χ2n) is 5.56. The Morgan fingerprint density at radius 2 is 2.14 bits per heavy atom. The van der Waals surface area contributed by atoms with E-state index in [4.69, 9.17) is 4.74 Å². The Kier molecular flexibility index (Phi) is 3.92. The van der Waals surface area contributed by atoms with E-state index in [2.05, 4.69) is 11.4 Å². The molecule has 0 spiro atoms. The van der Waals surface area contributed by atoms with Crippen molar-refractivity contribution in [1.82, 2.24) is 10.2 Å². The van der Waals surface area contributed by atoms with Crippen LogP contribution in [0, 0.1) is 0 Å². The molecule has 5 nitrogen and oxygen atoms in total. The summed E-state index contributed by atoms with van der Waals surface area (Å²) in [6.07, 6.45) is 1.38. The molecule has 2 atom stereocenters. The Hall–Kier alpha value is -1.88. The summed E-state index contributed by atoms with van der Waals surface area (Å²) >= 11 is 0. The number of nitrogens with one attached hydrogen (secondary N) is 1. The maximum absolute atomic E-state index is 12.3. The van der Waals surface area contributed by atoms with Crippen LogP contribution < -0.4 is 5.32 Å². The van der Waals surface area contributed by atoms with Gasteiger partial charge in [-0.3, -0.25) is 9.59 Å². The number of amides is 2. The molecule has 21 heavy (non-hydrogen) atoms. The molecule has 5 heteroatoms. The maximum atomic E-state index is 12.3. The van der Waals surface area contributed by atoms with E-state index in [1.165, 1.54) is 5.56 Å². The number of hydrogen-bond acceptors (Lipinski definition) is 3. The Labute approximate surface area is 124 Å². The lowest BCUT2D eigenvalue weighted by molar-refractivity contribution is -0.146. The number of carbonyl (C=O) groups excluding carboxylic acids is 2. The van der Waals surface area contributed by atoms with E-state index in [9.17, 15) is 9.59 Å². The average Bonchev–Trinajstić information content (AvgIpc) is 2.51. The minimum Gasteiger partial charge on any atom is -0.371 e. The van der Waals surface area contributed by atoms with Crippen molar-refractivity contribution in [3.05, 3.63) is 35.4 Å². The molecule has 1 aromatic rings. The Morgan fingerprint density at radius 1 is 1.33 bits per heavy atom. The summed E-state index contributed by atoms with van der Waals surface area (Å²) in [5, 5.41) is 2.73. The molecule has 1 fully saturated rings. The van der Waals surface area contributed by atoms with Gasteiger partial charge in [0, 0.05) is 0 Å². The molecule has 2 aliphatic rings. The van der Waals surface area contributed by atoms with Gasteiger partial charge in [0.05, 0.1) is 19.7 Å². The zero-order valence-corrected chi connectivity index (χ0v) is 12.2. The molecule has 3 rings (SSSR count). The van der Waals surface area contributed by atoms with Gasteiger partial charge in [-0.1, -0.05) is 31.2 Å². The van der Waals surface area contributed by atoms with Crippen LogP contribution in [-0.4, -0.2) is 42.5 Å². The molecule has 2 amide bonds.